The number of rotatable bonds is 26. The number of carbonyl (C=O) groups is 4. The maximum atomic E-state index is 13.8. The lowest BCUT2D eigenvalue weighted by Gasteiger charge is -2.51. The summed E-state index contributed by atoms with van der Waals surface area (Å²) >= 11 is 13.0. The number of hydrogen-bond donors (Lipinski definition) is 6. The lowest BCUT2D eigenvalue weighted by molar-refractivity contribution is -0.125. The number of amides is 2. The zero-order valence-electron chi connectivity index (χ0n) is 66.9. The summed E-state index contributed by atoms with van der Waals surface area (Å²) < 4.78 is 75.8. The van der Waals surface area contributed by atoms with E-state index >= 15 is 0 Å². The third-order valence-electron chi connectivity index (χ3n) is 25.1. The molecular formula is C90H108Cl2N6O14S2Si2. The molecule has 8 N–H and O–H groups in total. The van der Waals surface area contributed by atoms with Crippen molar-refractivity contribution < 1.29 is 64.6 Å². The van der Waals surface area contributed by atoms with Crippen LogP contribution in [-0.2, 0) is 62.2 Å². The van der Waals surface area contributed by atoms with Crippen molar-refractivity contribution in [3.8, 4) is 11.5 Å². The van der Waals surface area contributed by atoms with Crippen LogP contribution in [0.2, 0.25) is 20.1 Å². The Kier molecular flexibility index (Phi) is 26.0. The fraction of sp³-hybridized carbons (Fsp3) is 0.422. The van der Waals surface area contributed by atoms with Gasteiger partial charge in [-0.05, 0) is 202 Å². The van der Waals surface area contributed by atoms with E-state index in [1.807, 2.05) is 84.9 Å². The molecule has 116 heavy (non-hydrogen) atoms. The Morgan fingerprint density at radius 2 is 0.853 bits per heavy atom. The van der Waals surface area contributed by atoms with E-state index in [1.165, 1.54) is 22.3 Å². The van der Waals surface area contributed by atoms with E-state index in [1.54, 1.807) is 36.4 Å². The number of aromatic carboxylic acids is 2. The zero-order chi connectivity index (χ0) is 82.6. The highest BCUT2D eigenvalue weighted by atomic mass is 35.5. The molecule has 8 atom stereocenters. The van der Waals surface area contributed by atoms with Gasteiger partial charge in [-0.15, -0.1) is 0 Å². The van der Waals surface area contributed by atoms with E-state index in [0.717, 1.165) is 96.3 Å². The summed E-state index contributed by atoms with van der Waals surface area (Å²) in [4.78, 5) is 57.0. The number of carboxylic acids is 2. The Hall–Kier alpha value is -8.41. The molecule has 14 rings (SSSR count). The second kappa shape index (κ2) is 35.3. The summed E-state index contributed by atoms with van der Waals surface area (Å²) in [5.41, 5.74) is 6.02. The van der Waals surface area contributed by atoms with Crippen LogP contribution in [0.15, 0.2) is 194 Å². The van der Waals surface area contributed by atoms with E-state index < -0.39 is 60.8 Å². The van der Waals surface area contributed by atoms with Gasteiger partial charge in [0.2, 0.25) is 31.9 Å². The zero-order valence-corrected chi connectivity index (χ0v) is 72.1. The molecule has 0 radical (unpaired) electrons. The molecule has 2 saturated carbocycles. The van der Waals surface area contributed by atoms with Gasteiger partial charge in [-0.1, -0.05) is 198 Å². The van der Waals surface area contributed by atoms with Crippen LogP contribution in [0.5, 0.6) is 11.5 Å². The third-order valence-corrected chi connectivity index (χ3v) is 37.2. The highest BCUT2D eigenvalue weighted by molar-refractivity contribution is 7.89. The van der Waals surface area contributed by atoms with Gasteiger partial charge < -0.3 is 49.0 Å². The number of primary sulfonamides is 2. The normalized spacial score (nSPS) is 21.2. The van der Waals surface area contributed by atoms with E-state index in [4.69, 9.17) is 51.8 Å². The minimum Gasteiger partial charge on any atom is -0.490 e. The first-order valence-corrected chi connectivity index (χ1v) is 48.4. The number of ether oxygens (including phenoxy) is 2. The Labute approximate surface area is 694 Å². The van der Waals surface area contributed by atoms with Gasteiger partial charge in [-0.3, -0.25) is 9.59 Å². The second-order valence-electron chi connectivity index (χ2n) is 34.7. The van der Waals surface area contributed by atoms with Crippen LogP contribution >= 0.6 is 23.2 Å². The number of nitrogens with two attached hydrogens (primary N) is 2. The van der Waals surface area contributed by atoms with Gasteiger partial charge in [0.1, 0.15) is 11.5 Å². The molecule has 0 saturated heterocycles. The molecule has 2 heterocycles. The minimum absolute atomic E-state index is 0.0330. The number of hydrogen-bond acceptors (Lipinski definition) is 14. The SMILES string of the molecule is CC(C)(C)[Si](O[C@@H](CC(=O)NCCS(N)(=O)=O)[C@@H]1CC[C@H]1CN1C[C@@]2(CCCc3cc(Cl)ccc32)COc2ccc(C(=O)O)cc21)(c1ccccc1)c1ccccc1.CC(C)(C)[Si](O[C@H](CC(=O)NCCS(N)(=O)=O)[C@@H]1CC[C@H]1CN1C[C@@]2(CCCc3cc(Cl)ccc32)COc2ccc(C(=O)O)cc21)(c1ccccc1)c1ccccc1. The maximum absolute atomic E-state index is 13.8. The number of halogens is 2. The van der Waals surface area contributed by atoms with E-state index in [0.29, 0.717) is 60.9 Å². The van der Waals surface area contributed by atoms with Crippen LogP contribution in [0.4, 0.5) is 11.4 Å². The molecule has 2 amide bonds. The Morgan fingerprint density at radius 3 is 1.16 bits per heavy atom. The fourth-order valence-corrected chi connectivity index (χ4v) is 29.9. The molecule has 4 aliphatic carbocycles. The monoisotopic (exact) mass is 1690 g/mol. The number of sulfonamides is 2. The first kappa shape index (κ1) is 85.5. The highest BCUT2D eigenvalue weighted by Crippen LogP contribution is 2.52. The van der Waals surface area contributed by atoms with Gasteiger partial charge in [-0.25, -0.2) is 36.7 Å². The summed E-state index contributed by atoms with van der Waals surface area (Å²) in [7, 11) is -13.8. The van der Waals surface area contributed by atoms with Crippen molar-refractivity contribution in [2.75, 3.05) is 73.8 Å². The number of nitrogens with one attached hydrogen (secondary N) is 2. The van der Waals surface area contributed by atoms with E-state index in [2.05, 4.69) is 135 Å². The fourth-order valence-electron chi connectivity index (χ4n) is 19.3. The van der Waals surface area contributed by atoms with E-state index in [-0.39, 0.29) is 105 Å². The summed E-state index contributed by atoms with van der Waals surface area (Å²) in [6, 6.07) is 63.8. The molecule has 2 spiro atoms. The van der Waals surface area contributed by atoms with Gasteiger partial charge in [0.05, 0.1) is 72.3 Å². The number of anilines is 2. The Bertz CT molecular complexity index is 4710. The van der Waals surface area contributed by atoms with Gasteiger partial charge in [0.25, 0.3) is 16.6 Å². The number of aryl methyl sites for hydroxylation is 2. The van der Waals surface area contributed by atoms with Crippen molar-refractivity contribution in [2.24, 2.45) is 33.9 Å². The second-order valence-corrected chi connectivity index (χ2v) is 47.5. The first-order chi connectivity index (χ1) is 55.2. The largest absolute Gasteiger partial charge is 0.490 e. The van der Waals surface area contributed by atoms with Crippen LogP contribution in [-0.4, -0.2) is 144 Å². The average Bonchev–Trinajstić information content (AvgIpc) is 0.815. The summed E-state index contributed by atoms with van der Waals surface area (Å²) in [6.45, 7) is 16.4. The Balaban J connectivity index is 0.000000202. The number of carbonyl (C=O) groups excluding carboxylic acids is 2. The number of fused-ring (bicyclic) bond motifs is 6. The number of benzene rings is 8. The van der Waals surface area contributed by atoms with Gasteiger partial charge in [0, 0.05) is 60.1 Å². The topological polar surface area (TPSA) is 297 Å². The van der Waals surface area contributed by atoms with E-state index in [9.17, 15) is 46.2 Å². The van der Waals surface area contributed by atoms with Crippen molar-refractivity contribution in [3.05, 3.63) is 238 Å². The first-order valence-electron chi connectivity index (χ1n) is 40.4. The summed E-state index contributed by atoms with van der Waals surface area (Å²) in [5, 5.41) is 41.4. The lowest BCUT2D eigenvalue weighted by Crippen LogP contribution is -2.69. The molecule has 2 aliphatic heterocycles. The molecule has 8 aromatic rings. The maximum Gasteiger partial charge on any atom is 0.335 e. The van der Waals surface area contributed by atoms with Crippen LogP contribution in [0.25, 0.3) is 0 Å². The van der Waals surface area contributed by atoms with Crippen molar-refractivity contribution >= 4 is 116 Å². The van der Waals surface area contributed by atoms with Crippen LogP contribution < -0.4 is 60.9 Å². The number of carboxylic acid groups (broad SMARTS) is 2. The lowest BCUT2D eigenvalue weighted by atomic mass is 9.68. The average molecular weight is 1690 g/mol. The summed E-state index contributed by atoms with van der Waals surface area (Å²) in [5.74, 6) is -1.93. The molecule has 20 nitrogen and oxygen atoms in total. The highest BCUT2D eigenvalue weighted by Gasteiger charge is 2.57. The Morgan fingerprint density at radius 1 is 0.509 bits per heavy atom. The molecule has 0 unspecified atom stereocenters. The summed E-state index contributed by atoms with van der Waals surface area (Å²) in [6.07, 6.45) is 8.11. The quantitative estimate of drug-likeness (QED) is 0.0275. The molecule has 0 bridgehead atoms. The van der Waals surface area contributed by atoms with Crippen LogP contribution in [0.3, 0.4) is 0 Å². The molecule has 616 valence electrons. The van der Waals surface area contributed by atoms with Crippen molar-refractivity contribution in [1.82, 2.24) is 10.6 Å². The van der Waals surface area contributed by atoms with Gasteiger partial charge in [-0.2, -0.15) is 0 Å². The molecular weight excluding hydrogens is 1580 g/mol. The van der Waals surface area contributed by atoms with Gasteiger partial charge >= 0.3 is 11.9 Å². The molecule has 0 aromatic heterocycles. The molecule has 2 fully saturated rings. The van der Waals surface area contributed by atoms with Crippen molar-refractivity contribution in [3.63, 3.8) is 0 Å². The number of nitrogens with zero attached hydrogens (tertiary/aromatic N) is 2. The van der Waals surface area contributed by atoms with Crippen LogP contribution in [0, 0.1) is 23.7 Å². The van der Waals surface area contributed by atoms with Gasteiger partial charge in [0.15, 0.2) is 0 Å². The van der Waals surface area contributed by atoms with Crippen LogP contribution in [0.1, 0.15) is 149 Å². The van der Waals surface area contributed by atoms with Crippen molar-refractivity contribution in [2.45, 2.75) is 152 Å². The third kappa shape index (κ3) is 18.8. The predicted octanol–water partition coefficient (Wildman–Crippen LogP) is 12.6. The molecule has 6 aliphatic rings. The molecule has 26 heteroatoms. The standard InChI is InChI=1S/2C45H54ClN3O7SSi/c2*1-44(2,3)58(35-12-6-4-7-13-35,36-14-8-5-9-15-36)56-41(27-42(50)48-23-24-57(47,53)54)37-19-16-33(37)28-49-29-45(22-10-11-31-25-34(46)18-20-38(31)45)30-55-40-21-17-32(43(51)52)26-39(40)49/h2*4-9,12-15,17-18,20-21,25-26,33,37,41H,10-11,16,19,22-24,27-30H2,1-3H3,(H,48,50)(H,51,52)(H2,47,53,54)/t33-,37+,41+,45-;33-,37+,41-,45-/m00/s1. The predicted molar refractivity (Wildman–Crippen MR) is 463 cm³/mol. The molecule has 8 aromatic carbocycles. The van der Waals surface area contributed by atoms with Crippen molar-refractivity contribution in [1.29, 1.82) is 0 Å². The smallest absolute Gasteiger partial charge is 0.335 e. The minimum atomic E-state index is -3.77.